The van der Waals surface area contributed by atoms with E-state index in [-0.39, 0.29) is 12.0 Å². The van der Waals surface area contributed by atoms with E-state index in [1.54, 1.807) is 12.1 Å². The Hall–Kier alpha value is -0.810. The summed E-state index contributed by atoms with van der Waals surface area (Å²) in [5.74, 6) is 0.0921. The third-order valence-corrected chi connectivity index (χ3v) is 4.26. The summed E-state index contributed by atoms with van der Waals surface area (Å²) in [6.07, 6.45) is 1.07. The summed E-state index contributed by atoms with van der Waals surface area (Å²) in [7, 11) is 1.89. The van der Waals surface area contributed by atoms with Crippen LogP contribution in [-0.2, 0) is 11.3 Å². The molecule has 0 saturated carbocycles. The Morgan fingerprint density at radius 3 is 2.67 bits per heavy atom. The van der Waals surface area contributed by atoms with Gasteiger partial charge in [-0.15, -0.1) is 0 Å². The number of likely N-dealkylation sites (tertiary alicyclic amines) is 1. The van der Waals surface area contributed by atoms with Gasteiger partial charge in [-0.2, -0.15) is 0 Å². The van der Waals surface area contributed by atoms with Crippen LogP contribution in [-0.4, -0.2) is 53.6 Å². The lowest BCUT2D eigenvalue weighted by atomic mass is 10.1. The van der Waals surface area contributed by atoms with Gasteiger partial charge in [0.1, 0.15) is 0 Å². The number of hydrogen-bond acceptors (Lipinski definition) is 3. The van der Waals surface area contributed by atoms with Crippen molar-refractivity contribution in [1.82, 2.24) is 9.80 Å². The molecule has 1 N–H and O–H groups in total. The summed E-state index contributed by atoms with van der Waals surface area (Å²) in [6, 6.07) is 5.38. The molecule has 1 fully saturated rings. The van der Waals surface area contributed by atoms with E-state index in [0.717, 1.165) is 5.56 Å². The zero-order chi connectivity index (χ0) is 15.4. The zero-order valence-electron chi connectivity index (χ0n) is 12.1. The van der Waals surface area contributed by atoms with Crippen LogP contribution >= 0.6 is 23.2 Å². The monoisotopic (exact) mass is 330 g/mol. The number of halogens is 2. The van der Waals surface area contributed by atoms with Crippen LogP contribution in [0, 0.1) is 0 Å². The minimum Gasteiger partial charge on any atom is -0.393 e. The second kappa shape index (κ2) is 7.45. The number of amides is 1. The number of piperidine rings is 1. The van der Waals surface area contributed by atoms with Gasteiger partial charge >= 0.3 is 0 Å². The number of nitrogens with zero attached hydrogens (tertiary/aromatic N) is 2. The van der Waals surface area contributed by atoms with Gasteiger partial charge in [0.25, 0.3) is 0 Å². The fourth-order valence-corrected chi connectivity index (χ4v) is 2.91. The smallest absolute Gasteiger partial charge is 0.236 e. The highest BCUT2D eigenvalue weighted by Crippen LogP contribution is 2.22. The minimum atomic E-state index is -0.264. The van der Waals surface area contributed by atoms with Crippen molar-refractivity contribution >= 4 is 29.1 Å². The highest BCUT2D eigenvalue weighted by atomic mass is 35.5. The van der Waals surface area contributed by atoms with Crippen LogP contribution in [0.1, 0.15) is 18.4 Å². The summed E-state index contributed by atoms with van der Waals surface area (Å²) in [4.78, 5) is 15.9. The molecule has 0 radical (unpaired) electrons. The molecule has 1 amide bonds. The van der Waals surface area contributed by atoms with Crippen LogP contribution in [0.15, 0.2) is 18.2 Å². The van der Waals surface area contributed by atoms with Crippen molar-refractivity contribution in [3.8, 4) is 0 Å². The number of carbonyl (C=O) groups is 1. The van der Waals surface area contributed by atoms with Gasteiger partial charge in [0.2, 0.25) is 5.91 Å². The van der Waals surface area contributed by atoms with Crippen LogP contribution in [0.5, 0.6) is 0 Å². The molecule has 1 aromatic rings. The SMILES string of the molecule is CN(CC(=O)N1CCC(O)CC1)Cc1ccc(Cl)cc1Cl. The maximum Gasteiger partial charge on any atom is 0.236 e. The molecule has 0 spiro atoms. The summed E-state index contributed by atoms with van der Waals surface area (Å²) in [5, 5.41) is 10.7. The third-order valence-electron chi connectivity index (χ3n) is 3.68. The maximum absolute atomic E-state index is 12.2. The van der Waals surface area contributed by atoms with Gasteiger partial charge in [-0.05, 0) is 37.6 Å². The van der Waals surface area contributed by atoms with Gasteiger partial charge in [0, 0.05) is 29.7 Å². The van der Waals surface area contributed by atoms with E-state index in [1.807, 2.05) is 22.9 Å². The highest BCUT2D eigenvalue weighted by Gasteiger charge is 2.22. The summed E-state index contributed by atoms with van der Waals surface area (Å²) in [6.45, 7) is 2.21. The predicted molar refractivity (Wildman–Crippen MR) is 84.6 cm³/mol. The molecule has 0 aromatic heterocycles. The summed E-state index contributed by atoms with van der Waals surface area (Å²) >= 11 is 12.0. The number of hydrogen-bond donors (Lipinski definition) is 1. The third kappa shape index (κ3) is 4.85. The number of benzene rings is 1. The molecule has 6 heteroatoms. The Morgan fingerprint density at radius 2 is 2.05 bits per heavy atom. The van der Waals surface area contributed by atoms with Gasteiger partial charge in [0.15, 0.2) is 0 Å². The quantitative estimate of drug-likeness (QED) is 0.921. The first kappa shape index (κ1) is 16.6. The number of aliphatic hydroxyl groups excluding tert-OH is 1. The zero-order valence-corrected chi connectivity index (χ0v) is 13.6. The topological polar surface area (TPSA) is 43.8 Å². The van der Waals surface area contributed by atoms with E-state index in [1.165, 1.54) is 0 Å². The van der Waals surface area contributed by atoms with Crippen LogP contribution in [0.3, 0.4) is 0 Å². The van der Waals surface area contributed by atoms with E-state index in [0.29, 0.717) is 49.1 Å². The highest BCUT2D eigenvalue weighted by molar-refractivity contribution is 6.35. The number of likely N-dealkylation sites (N-methyl/N-ethyl adjacent to an activating group) is 1. The maximum atomic E-state index is 12.2. The molecule has 4 nitrogen and oxygen atoms in total. The molecule has 1 heterocycles. The van der Waals surface area contributed by atoms with E-state index in [9.17, 15) is 9.90 Å². The Kier molecular flexibility index (Phi) is 5.88. The minimum absolute atomic E-state index is 0.0921. The van der Waals surface area contributed by atoms with E-state index < -0.39 is 0 Å². The Bertz CT molecular complexity index is 502. The number of aliphatic hydroxyl groups is 1. The molecule has 21 heavy (non-hydrogen) atoms. The Balaban J connectivity index is 1.86. The van der Waals surface area contributed by atoms with Crippen LogP contribution in [0.25, 0.3) is 0 Å². The molecule has 0 atom stereocenters. The fraction of sp³-hybridized carbons (Fsp3) is 0.533. The van der Waals surface area contributed by atoms with Crippen LogP contribution in [0.4, 0.5) is 0 Å². The van der Waals surface area contributed by atoms with Crippen molar-refractivity contribution in [3.63, 3.8) is 0 Å². The largest absolute Gasteiger partial charge is 0.393 e. The van der Waals surface area contributed by atoms with Crippen molar-refractivity contribution in [2.45, 2.75) is 25.5 Å². The van der Waals surface area contributed by atoms with Gasteiger partial charge in [0.05, 0.1) is 12.6 Å². The lowest BCUT2D eigenvalue weighted by molar-refractivity contribution is -0.134. The van der Waals surface area contributed by atoms with Crippen molar-refractivity contribution in [3.05, 3.63) is 33.8 Å². The first-order valence-corrected chi connectivity index (χ1v) is 7.79. The summed E-state index contributed by atoms with van der Waals surface area (Å²) < 4.78 is 0. The molecule has 0 bridgehead atoms. The van der Waals surface area contributed by atoms with E-state index in [2.05, 4.69) is 0 Å². The lowest BCUT2D eigenvalue weighted by Crippen LogP contribution is -2.44. The Morgan fingerprint density at radius 1 is 1.38 bits per heavy atom. The molecule has 0 unspecified atom stereocenters. The average molecular weight is 331 g/mol. The first-order chi connectivity index (χ1) is 9.95. The molecule has 1 aliphatic heterocycles. The van der Waals surface area contributed by atoms with Crippen molar-refractivity contribution in [1.29, 1.82) is 0 Å². The Labute approximate surface area is 135 Å². The van der Waals surface area contributed by atoms with Crippen molar-refractivity contribution in [2.24, 2.45) is 0 Å². The number of carbonyl (C=O) groups excluding carboxylic acids is 1. The van der Waals surface area contributed by atoms with Gasteiger partial charge in [-0.25, -0.2) is 0 Å². The molecule has 1 saturated heterocycles. The summed E-state index contributed by atoms with van der Waals surface area (Å²) in [5.41, 5.74) is 0.949. The molecule has 1 aliphatic rings. The predicted octanol–water partition coefficient (Wildman–Crippen LogP) is 2.41. The molecule has 1 aromatic carbocycles. The molecule has 116 valence electrons. The molecular formula is C15H20Cl2N2O2. The fourth-order valence-electron chi connectivity index (χ4n) is 2.44. The van der Waals surface area contributed by atoms with Crippen molar-refractivity contribution < 1.29 is 9.90 Å². The van der Waals surface area contributed by atoms with Gasteiger partial charge in [-0.3, -0.25) is 9.69 Å². The van der Waals surface area contributed by atoms with Gasteiger partial charge in [-0.1, -0.05) is 29.3 Å². The van der Waals surface area contributed by atoms with E-state index >= 15 is 0 Å². The van der Waals surface area contributed by atoms with Crippen LogP contribution in [0.2, 0.25) is 10.0 Å². The van der Waals surface area contributed by atoms with Crippen molar-refractivity contribution in [2.75, 3.05) is 26.7 Å². The lowest BCUT2D eigenvalue weighted by Gasteiger charge is -2.31. The second-order valence-electron chi connectivity index (χ2n) is 5.52. The standard InChI is InChI=1S/C15H20Cl2N2O2/c1-18(9-11-2-3-12(16)8-14(11)17)10-15(21)19-6-4-13(20)5-7-19/h2-3,8,13,20H,4-7,9-10H2,1H3. The molecular weight excluding hydrogens is 311 g/mol. The van der Waals surface area contributed by atoms with Crippen LogP contribution < -0.4 is 0 Å². The normalized spacial score (nSPS) is 16.5. The second-order valence-corrected chi connectivity index (χ2v) is 6.36. The molecule has 0 aliphatic carbocycles. The number of rotatable bonds is 4. The average Bonchev–Trinajstić information content (AvgIpc) is 2.42. The van der Waals surface area contributed by atoms with Gasteiger partial charge < -0.3 is 10.0 Å². The molecule has 2 rings (SSSR count). The first-order valence-electron chi connectivity index (χ1n) is 7.04. The van der Waals surface area contributed by atoms with E-state index in [4.69, 9.17) is 23.2 Å².